The molecule has 0 aromatic heterocycles. The van der Waals surface area contributed by atoms with Crippen molar-refractivity contribution in [2.75, 3.05) is 20.6 Å². The quantitative estimate of drug-likeness (QED) is 0.866. The van der Waals surface area contributed by atoms with E-state index in [0.717, 1.165) is 13.1 Å². The average Bonchev–Trinajstić information content (AvgIpc) is 2.48. The summed E-state index contributed by atoms with van der Waals surface area (Å²) in [6.07, 6.45) is 0. The molecule has 1 N–H and O–H groups in total. The minimum Gasteiger partial charge on any atom is -0.308 e. The number of hydrogen-bond donors (Lipinski definition) is 1. The first-order chi connectivity index (χ1) is 10.5. The van der Waals surface area contributed by atoms with Crippen LogP contribution in [-0.2, 0) is 6.54 Å². The summed E-state index contributed by atoms with van der Waals surface area (Å²) in [6, 6.07) is 15.6. The molecular formula is C20H28N2. The highest BCUT2D eigenvalue weighted by Crippen LogP contribution is 2.18. The highest BCUT2D eigenvalue weighted by molar-refractivity contribution is 5.36. The second-order valence-electron chi connectivity index (χ2n) is 6.47. The first-order valence-corrected chi connectivity index (χ1v) is 7.97. The van der Waals surface area contributed by atoms with Gasteiger partial charge in [0.05, 0.1) is 0 Å². The van der Waals surface area contributed by atoms with Gasteiger partial charge in [0, 0.05) is 19.1 Å². The standard InChI is InChI=1S/C20H28N2/c1-15-11-17(3)19(12-16(15)2)13-21-20(14-22(4)5)18-9-7-6-8-10-18/h6-12,20-21H,13-14H2,1-5H3. The molecule has 1 unspecified atom stereocenters. The van der Waals surface area contributed by atoms with Crippen molar-refractivity contribution in [2.45, 2.75) is 33.4 Å². The predicted octanol–water partition coefficient (Wildman–Crippen LogP) is 4.00. The lowest BCUT2D eigenvalue weighted by Crippen LogP contribution is -2.31. The Bertz CT molecular complexity index is 603. The van der Waals surface area contributed by atoms with Crippen molar-refractivity contribution < 1.29 is 0 Å². The van der Waals surface area contributed by atoms with Crippen molar-refractivity contribution in [1.82, 2.24) is 10.2 Å². The maximum atomic E-state index is 3.73. The van der Waals surface area contributed by atoms with E-state index in [1.54, 1.807) is 0 Å². The van der Waals surface area contributed by atoms with Crippen LogP contribution in [0.15, 0.2) is 42.5 Å². The van der Waals surface area contributed by atoms with Crippen molar-refractivity contribution >= 4 is 0 Å². The van der Waals surface area contributed by atoms with Gasteiger partial charge < -0.3 is 10.2 Å². The van der Waals surface area contributed by atoms with Gasteiger partial charge in [-0.3, -0.25) is 0 Å². The van der Waals surface area contributed by atoms with E-state index in [1.807, 2.05) is 0 Å². The third kappa shape index (κ3) is 4.43. The van der Waals surface area contributed by atoms with E-state index in [-0.39, 0.29) is 0 Å². The van der Waals surface area contributed by atoms with Crippen molar-refractivity contribution in [3.8, 4) is 0 Å². The molecule has 0 saturated heterocycles. The minimum absolute atomic E-state index is 0.345. The number of likely N-dealkylation sites (N-methyl/N-ethyl adjacent to an activating group) is 1. The molecule has 0 aliphatic rings. The van der Waals surface area contributed by atoms with Gasteiger partial charge in [0.1, 0.15) is 0 Å². The number of nitrogens with one attached hydrogen (secondary N) is 1. The molecule has 0 fully saturated rings. The van der Waals surface area contributed by atoms with Crippen molar-refractivity contribution in [3.05, 3.63) is 70.3 Å². The Morgan fingerprint density at radius 1 is 0.909 bits per heavy atom. The lowest BCUT2D eigenvalue weighted by Gasteiger charge is -2.23. The Hall–Kier alpha value is -1.64. The summed E-state index contributed by atoms with van der Waals surface area (Å²) < 4.78 is 0. The molecule has 118 valence electrons. The fourth-order valence-corrected chi connectivity index (χ4v) is 2.78. The summed E-state index contributed by atoms with van der Waals surface area (Å²) in [5, 5.41) is 3.73. The van der Waals surface area contributed by atoms with E-state index in [9.17, 15) is 0 Å². The highest BCUT2D eigenvalue weighted by Gasteiger charge is 2.12. The van der Waals surface area contributed by atoms with E-state index in [2.05, 4.69) is 87.5 Å². The summed E-state index contributed by atoms with van der Waals surface area (Å²) in [5.41, 5.74) is 6.84. The van der Waals surface area contributed by atoms with Crippen LogP contribution in [0, 0.1) is 20.8 Å². The Labute approximate surface area is 135 Å². The largest absolute Gasteiger partial charge is 0.308 e. The zero-order chi connectivity index (χ0) is 16.1. The molecule has 0 amide bonds. The maximum Gasteiger partial charge on any atom is 0.0451 e. The van der Waals surface area contributed by atoms with Crippen molar-refractivity contribution in [3.63, 3.8) is 0 Å². The molecule has 2 aromatic rings. The average molecular weight is 296 g/mol. The number of benzene rings is 2. The van der Waals surface area contributed by atoms with E-state index >= 15 is 0 Å². The van der Waals surface area contributed by atoms with Crippen LogP contribution in [-0.4, -0.2) is 25.5 Å². The molecule has 0 saturated carbocycles. The molecular weight excluding hydrogens is 268 g/mol. The van der Waals surface area contributed by atoms with E-state index < -0.39 is 0 Å². The van der Waals surface area contributed by atoms with Crippen LogP contribution >= 0.6 is 0 Å². The molecule has 2 nitrogen and oxygen atoms in total. The van der Waals surface area contributed by atoms with Crippen molar-refractivity contribution in [1.29, 1.82) is 0 Å². The van der Waals surface area contributed by atoms with Crippen LogP contribution in [0.4, 0.5) is 0 Å². The third-order valence-electron chi connectivity index (χ3n) is 4.24. The van der Waals surface area contributed by atoms with Gasteiger partial charge in [-0.2, -0.15) is 0 Å². The van der Waals surface area contributed by atoms with Gasteiger partial charge in [-0.25, -0.2) is 0 Å². The topological polar surface area (TPSA) is 15.3 Å². The molecule has 0 bridgehead atoms. The highest BCUT2D eigenvalue weighted by atomic mass is 15.1. The van der Waals surface area contributed by atoms with Gasteiger partial charge in [-0.1, -0.05) is 42.5 Å². The van der Waals surface area contributed by atoms with Crippen LogP contribution in [0.5, 0.6) is 0 Å². The van der Waals surface area contributed by atoms with Gasteiger partial charge in [-0.15, -0.1) is 0 Å². The Kier molecular flexibility index (Phi) is 5.76. The van der Waals surface area contributed by atoms with Crippen LogP contribution < -0.4 is 5.32 Å². The zero-order valence-corrected chi connectivity index (χ0v) is 14.5. The smallest absolute Gasteiger partial charge is 0.0451 e. The summed E-state index contributed by atoms with van der Waals surface area (Å²) >= 11 is 0. The Balaban J connectivity index is 2.13. The molecule has 0 aliphatic carbocycles. The normalized spacial score (nSPS) is 12.6. The molecule has 2 heteroatoms. The minimum atomic E-state index is 0.345. The first kappa shape index (κ1) is 16.7. The Morgan fingerprint density at radius 3 is 2.18 bits per heavy atom. The van der Waals surface area contributed by atoms with Gasteiger partial charge in [0.25, 0.3) is 0 Å². The molecule has 2 rings (SSSR count). The Morgan fingerprint density at radius 2 is 1.55 bits per heavy atom. The summed E-state index contributed by atoms with van der Waals surface area (Å²) in [4.78, 5) is 2.23. The van der Waals surface area contributed by atoms with Gasteiger partial charge >= 0.3 is 0 Å². The lowest BCUT2D eigenvalue weighted by molar-refractivity contribution is 0.340. The summed E-state index contributed by atoms with van der Waals surface area (Å²) in [7, 11) is 4.25. The summed E-state index contributed by atoms with van der Waals surface area (Å²) in [5.74, 6) is 0. The second kappa shape index (κ2) is 7.57. The molecule has 0 radical (unpaired) electrons. The molecule has 0 heterocycles. The van der Waals surface area contributed by atoms with Crippen molar-refractivity contribution in [2.24, 2.45) is 0 Å². The number of aryl methyl sites for hydroxylation is 3. The first-order valence-electron chi connectivity index (χ1n) is 7.97. The molecule has 0 spiro atoms. The number of nitrogens with zero attached hydrogens (tertiary/aromatic N) is 1. The fraction of sp³-hybridized carbons (Fsp3) is 0.400. The zero-order valence-electron chi connectivity index (χ0n) is 14.5. The molecule has 2 aromatic carbocycles. The number of rotatable bonds is 6. The van der Waals surface area contributed by atoms with Crippen LogP contribution in [0.25, 0.3) is 0 Å². The third-order valence-corrected chi connectivity index (χ3v) is 4.24. The maximum absolute atomic E-state index is 3.73. The SMILES string of the molecule is Cc1cc(C)c(CNC(CN(C)C)c2ccccc2)cc1C. The van der Waals surface area contributed by atoms with Gasteiger partial charge in [0.2, 0.25) is 0 Å². The van der Waals surface area contributed by atoms with Crippen LogP contribution in [0.2, 0.25) is 0 Å². The lowest BCUT2D eigenvalue weighted by atomic mass is 10.00. The molecule has 1 atom stereocenters. The molecule has 22 heavy (non-hydrogen) atoms. The van der Waals surface area contributed by atoms with Crippen LogP contribution in [0.1, 0.15) is 33.9 Å². The van der Waals surface area contributed by atoms with Gasteiger partial charge in [-0.05, 0) is 62.7 Å². The second-order valence-corrected chi connectivity index (χ2v) is 6.47. The summed E-state index contributed by atoms with van der Waals surface area (Å²) in [6.45, 7) is 8.46. The van der Waals surface area contributed by atoms with E-state index in [4.69, 9.17) is 0 Å². The van der Waals surface area contributed by atoms with Gasteiger partial charge in [0.15, 0.2) is 0 Å². The van der Waals surface area contributed by atoms with E-state index in [1.165, 1.54) is 27.8 Å². The van der Waals surface area contributed by atoms with Crippen LogP contribution in [0.3, 0.4) is 0 Å². The van der Waals surface area contributed by atoms with E-state index in [0.29, 0.717) is 6.04 Å². The predicted molar refractivity (Wildman–Crippen MR) is 95.2 cm³/mol. The number of hydrogen-bond acceptors (Lipinski definition) is 2. The molecule has 0 aliphatic heterocycles. The monoisotopic (exact) mass is 296 g/mol. The fourth-order valence-electron chi connectivity index (χ4n) is 2.78.